The van der Waals surface area contributed by atoms with Crippen LogP contribution in [-0.2, 0) is 10.2 Å². The van der Waals surface area contributed by atoms with Crippen molar-refractivity contribution >= 4 is 17.7 Å². The highest BCUT2D eigenvalue weighted by molar-refractivity contribution is 5.84. The third-order valence-corrected chi connectivity index (χ3v) is 6.31. The molecule has 5 heteroatoms. The molecule has 158 valence electrons. The molecule has 0 aromatic heterocycles. The summed E-state index contributed by atoms with van der Waals surface area (Å²) in [6, 6.07) is 14.4. The van der Waals surface area contributed by atoms with Crippen LogP contribution in [0.5, 0.6) is 11.5 Å². The number of para-hydroxylation sites is 1. The van der Waals surface area contributed by atoms with Gasteiger partial charge >= 0.3 is 0 Å². The minimum atomic E-state index is -0.614. The van der Waals surface area contributed by atoms with Crippen LogP contribution < -0.4 is 19.7 Å². The van der Waals surface area contributed by atoms with Gasteiger partial charge in [-0.05, 0) is 41.8 Å². The summed E-state index contributed by atoms with van der Waals surface area (Å²) in [6.07, 6.45) is 5.64. The molecule has 0 aliphatic carbocycles. The van der Waals surface area contributed by atoms with Crippen LogP contribution in [0.1, 0.15) is 44.7 Å². The molecule has 5 nitrogen and oxygen atoms in total. The first kappa shape index (κ1) is 20.3. The van der Waals surface area contributed by atoms with Crippen LogP contribution in [0.3, 0.4) is 0 Å². The molecule has 1 fully saturated rings. The molecule has 0 saturated carbocycles. The summed E-state index contributed by atoms with van der Waals surface area (Å²) in [5, 5.41) is 3.31. The SMILES string of the molecule is CCCOc1ccc(/C=C/[C@@]23NC(=O)CCN2c2ccccc2C3(C)C)cc1OC. The van der Waals surface area contributed by atoms with Gasteiger partial charge in [-0.2, -0.15) is 0 Å². The van der Waals surface area contributed by atoms with E-state index in [1.165, 1.54) is 11.3 Å². The molecular formula is C25H30N2O3. The molecule has 2 aromatic rings. The number of carbonyl (C=O) groups excluding carboxylic acids is 1. The number of carbonyl (C=O) groups is 1. The Bertz CT molecular complexity index is 982. The van der Waals surface area contributed by atoms with Crippen molar-refractivity contribution in [1.29, 1.82) is 0 Å². The Morgan fingerprint density at radius 2 is 1.97 bits per heavy atom. The molecule has 1 amide bonds. The number of hydrogen-bond acceptors (Lipinski definition) is 4. The van der Waals surface area contributed by atoms with Crippen LogP contribution in [0.4, 0.5) is 5.69 Å². The largest absolute Gasteiger partial charge is 0.493 e. The van der Waals surface area contributed by atoms with Crippen molar-refractivity contribution < 1.29 is 14.3 Å². The van der Waals surface area contributed by atoms with Gasteiger partial charge in [0.05, 0.1) is 13.7 Å². The molecule has 0 radical (unpaired) electrons. The average Bonchev–Trinajstić information content (AvgIpc) is 2.95. The molecule has 2 aliphatic heterocycles. The number of fused-ring (bicyclic) bond motifs is 3. The zero-order valence-corrected chi connectivity index (χ0v) is 18.2. The van der Waals surface area contributed by atoms with Gasteiger partial charge in [-0.3, -0.25) is 4.79 Å². The standard InChI is InChI=1S/C25H30N2O3/c1-5-16-30-21-11-10-18(17-22(21)29-4)12-14-25-24(2,3)19-8-6-7-9-20(19)27(25)15-13-23(28)26-25/h6-12,14,17H,5,13,15-16H2,1-4H3,(H,26,28)/b14-12+/t25-/m1/s1. The highest BCUT2D eigenvalue weighted by atomic mass is 16.5. The van der Waals surface area contributed by atoms with Crippen LogP contribution in [0.25, 0.3) is 6.08 Å². The maximum Gasteiger partial charge on any atom is 0.223 e. The maximum absolute atomic E-state index is 12.5. The number of amides is 1. The van der Waals surface area contributed by atoms with Gasteiger partial charge in [0.2, 0.25) is 5.91 Å². The average molecular weight is 407 g/mol. The summed E-state index contributed by atoms with van der Waals surface area (Å²) >= 11 is 0. The Hall–Kier alpha value is -2.95. The molecule has 2 aliphatic rings. The number of nitrogens with zero attached hydrogens (tertiary/aromatic N) is 1. The van der Waals surface area contributed by atoms with Gasteiger partial charge in [-0.15, -0.1) is 0 Å². The van der Waals surface area contributed by atoms with Gasteiger partial charge in [-0.1, -0.05) is 51.1 Å². The lowest BCUT2D eigenvalue weighted by atomic mass is 9.74. The molecule has 0 bridgehead atoms. The molecule has 1 saturated heterocycles. The highest BCUT2D eigenvalue weighted by Crippen LogP contribution is 2.52. The number of methoxy groups -OCH3 is 1. The second kappa shape index (κ2) is 7.71. The van der Waals surface area contributed by atoms with E-state index in [0.29, 0.717) is 25.3 Å². The van der Waals surface area contributed by atoms with E-state index in [1.54, 1.807) is 7.11 Å². The van der Waals surface area contributed by atoms with Crippen LogP contribution in [0, 0.1) is 0 Å². The van der Waals surface area contributed by atoms with Gasteiger partial charge in [0.15, 0.2) is 11.5 Å². The number of hydrogen-bond donors (Lipinski definition) is 1. The topological polar surface area (TPSA) is 50.8 Å². The molecule has 2 heterocycles. The predicted octanol–water partition coefficient (Wildman–Crippen LogP) is 4.51. The number of benzene rings is 2. The summed E-state index contributed by atoms with van der Waals surface area (Å²) in [5.41, 5.74) is 2.53. The Balaban J connectivity index is 1.73. The van der Waals surface area contributed by atoms with Crippen molar-refractivity contribution in [3.05, 3.63) is 59.7 Å². The summed E-state index contributed by atoms with van der Waals surface area (Å²) in [7, 11) is 1.65. The highest BCUT2D eigenvalue weighted by Gasteiger charge is 2.57. The third-order valence-electron chi connectivity index (χ3n) is 6.31. The Morgan fingerprint density at radius 3 is 2.73 bits per heavy atom. The first-order valence-electron chi connectivity index (χ1n) is 10.6. The van der Waals surface area contributed by atoms with E-state index in [-0.39, 0.29) is 11.3 Å². The lowest BCUT2D eigenvalue weighted by Crippen LogP contribution is -2.68. The van der Waals surface area contributed by atoms with E-state index in [2.05, 4.69) is 67.4 Å². The summed E-state index contributed by atoms with van der Waals surface area (Å²) in [5.74, 6) is 1.54. The van der Waals surface area contributed by atoms with Crippen molar-refractivity contribution in [2.24, 2.45) is 0 Å². The van der Waals surface area contributed by atoms with Gasteiger partial charge in [-0.25, -0.2) is 0 Å². The van der Waals surface area contributed by atoms with Crippen molar-refractivity contribution in [3.63, 3.8) is 0 Å². The maximum atomic E-state index is 12.5. The lowest BCUT2D eigenvalue weighted by molar-refractivity contribution is -0.124. The molecule has 2 aromatic carbocycles. The minimum absolute atomic E-state index is 0.0812. The number of nitrogens with one attached hydrogen (secondary N) is 1. The molecule has 0 spiro atoms. The van der Waals surface area contributed by atoms with E-state index >= 15 is 0 Å². The molecule has 0 unspecified atom stereocenters. The summed E-state index contributed by atoms with van der Waals surface area (Å²) < 4.78 is 11.3. The summed E-state index contributed by atoms with van der Waals surface area (Å²) in [6.45, 7) is 7.83. The monoisotopic (exact) mass is 406 g/mol. The van der Waals surface area contributed by atoms with Crippen LogP contribution >= 0.6 is 0 Å². The first-order valence-corrected chi connectivity index (χ1v) is 10.6. The predicted molar refractivity (Wildman–Crippen MR) is 120 cm³/mol. The first-order chi connectivity index (χ1) is 14.4. The van der Waals surface area contributed by atoms with Crippen molar-refractivity contribution in [2.45, 2.75) is 44.7 Å². The van der Waals surface area contributed by atoms with Crippen LogP contribution in [-0.4, -0.2) is 31.8 Å². The zero-order valence-electron chi connectivity index (χ0n) is 18.2. The fourth-order valence-electron chi connectivity index (χ4n) is 4.66. The zero-order chi connectivity index (χ0) is 21.4. The molecule has 1 atom stereocenters. The molecular weight excluding hydrogens is 376 g/mol. The third kappa shape index (κ3) is 3.13. The molecule has 30 heavy (non-hydrogen) atoms. The Labute approximate surface area is 178 Å². The molecule has 1 N–H and O–H groups in total. The Kier molecular flexibility index (Phi) is 5.22. The normalized spacial score (nSPS) is 21.9. The van der Waals surface area contributed by atoms with E-state index in [0.717, 1.165) is 17.7 Å². The van der Waals surface area contributed by atoms with Crippen molar-refractivity contribution in [1.82, 2.24) is 5.32 Å². The Morgan fingerprint density at radius 1 is 1.17 bits per heavy atom. The lowest BCUT2D eigenvalue weighted by Gasteiger charge is -2.49. The second-order valence-corrected chi connectivity index (χ2v) is 8.45. The van der Waals surface area contributed by atoms with Gasteiger partial charge in [0.25, 0.3) is 0 Å². The minimum Gasteiger partial charge on any atom is -0.493 e. The van der Waals surface area contributed by atoms with Crippen molar-refractivity contribution in [2.75, 3.05) is 25.2 Å². The van der Waals surface area contributed by atoms with Crippen LogP contribution in [0.15, 0.2) is 48.5 Å². The van der Waals surface area contributed by atoms with Crippen molar-refractivity contribution in [3.8, 4) is 11.5 Å². The van der Waals surface area contributed by atoms with E-state index in [9.17, 15) is 4.79 Å². The number of ether oxygens (including phenoxy) is 2. The van der Waals surface area contributed by atoms with Gasteiger partial charge < -0.3 is 19.7 Å². The van der Waals surface area contributed by atoms with Gasteiger partial charge in [0, 0.05) is 24.1 Å². The fourth-order valence-corrected chi connectivity index (χ4v) is 4.66. The smallest absolute Gasteiger partial charge is 0.223 e. The number of anilines is 1. The summed E-state index contributed by atoms with van der Waals surface area (Å²) in [4.78, 5) is 14.8. The van der Waals surface area contributed by atoms with Gasteiger partial charge in [0.1, 0.15) is 5.66 Å². The van der Waals surface area contributed by atoms with E-state index in [1.807, 2.05) is 18.2 Å². The van der Waals surface area contributed by atoms with E-state index in [4.69, 9.17) is 9.47 Å². The van der Waals surface area contributed by atoms with Crippen LogP contribution in [0.2, 0.25) is 0 Å². The quantitative estimate of drug-likeness (QED) is 0.767. The second-order valence-electron chi connectivity index (χ2n) is 8.45. The number of rotatable bonds is 6. The fraction of sp³-hybridized carbons (Fsp3) is 0.400. The van der Waals surface area contributed by atoms with E-state index < -0.39 is 5.66 Å². The molecule has 4 rings (SSSR count).